The van der Waals surface area contributed by atoms with E-state index >= 15 is 0 Å². The molecule has 1 aliphatic rings. The van der Waals surface area contributed by atoms with Crippen LogP contribution in [-0.4, -0.2) is 39.5 Å². The molecular formula is C20H24N2O3. The number of amides is 1. The van der Waals surface area contributed by atoms with Crippen LogP contribution in [0.2, 0.25) is 0 Å². The van der Waals surface area contributed by atoms with Crippen LogP contribution in [-0.2, 0) is 17.8 Å². The fourth-order valence-electron chi connectivity index (χ4n) is 3.75. The lowest BCUT2D eigenvalue weighted by Crippen LogP contribution is -2.31. The highest BCUT2D eigenvalue weighted by atomic mass is 16.4. The highest BCUT2D eigenvalue weighted by Crippen LogP contribution is 2.28. The summed E-state index contributed by atoms with van der Waals surface area (Å²) in [7, 11) is 0. The zero-order chi connectivity index (χ0) is 18.0. The predicted molar refractivity (Wildman–Crippen MR) is 95.9 cm³/mol. The number of carboxylic acids is 1. The number of hydrogen-bond donors (Lipinski definition) is 1. The second-order valence-corrected chi connectivity index (χ2v) is 6.64. The van der Waals surface area contributed by atoms with E-state index in [-0.39, 0.29) is 17.9 Å². The number of carbonyl (C=O) groups is 2. The van der Waals surface area contributed by atoms with Gasteiger partial charge in [0.2, 0.25) is 5.91 Å². The summed E-state index contributed by atoms with van der Waals surface area (Å²) in [5.41, 5.74) is 2.85. The topological polar surface area (TPSA) is 62.5 Å². The molecule has 1 fully saturated rings. The molecule has 5 nitrogen and oxygen atoms in total. The molecule has 2 aromatic rings. The van der Waals surface area contributed by atoms with E-state index in [1.807, 2.05) is 40.8 Å². The van der Waals surface area contributed by atoms with Gasteiger partial charge in [-0.3, -0.25) is 4.79 Å². The average Bonchev–Trinajstić information content (AvgIpc) is 3.20. The Labute approximate surface area is 147 Å². The lowest BCUT2D eigenvalue weighted by atomic mass is 9.99. The summed E-state index contributed by atoms with van der Waals surface area (Å²) in [6.07, 6.45) is 2.92. The second kappa shape index (κ2) is 7.13. The van der Waals surface area contributed by atoms with Crippen LogP contribution in [0.15, 0.2) is 36.5 Å². The number of aromatic carboxylic acids is 1. The molecular weight excluding hydrogens is 316 g/mol. The van der Waals surface area contributed by atoms with Gasteiger partial charge in [-0.1, -0.05) is 30.3 Å². The first-order chi connectivity index (χ1) is 12.0. The van der Waals surface area contributed by atoms with Gasteiger partial charge < -0.3 is 14.6 Å². The SMILES string of the molecule is CCn1cc(C)c(C(=O)O)c1CC(=O)N1CCC(c2ccccc2)C1. The average molecular weight is 340 g/mol. The Balaban J connectivity index is 1.74. The monoisotopic (exact) mass is 340 g/mol. The van der Waals surface area contributed by atoms with E-state index in [9.17, 15) is 14.7 Å². The fraction of sp³-hybridized carbons (Fsp3) is 0.400. The van der Waals surface area contributed by atoms with Crippen molar-refractivity contribution in [1.29, 1.82) is 0 Å². The first-order valence-corrected chi connectivity index (χ1v) is 8.75. The van der Waals surface area contributed by atoms with Crippen molar-refractivity contribution in [1.82, 2.24) is 9.47 Å². The zero-order valence-corrected chi connectivity index (χ0v) is 14.7. The largest absolute Gasteiger partial charge is 0.478 e. The molecule has 1 N–H and O–H groups in total. The molecule has 1 saturated heterocycles. The molecule has 0 radical (unpaired) electrons. The molecule has 1 aromatic heterocycles. The number of carbonyl (C=O) groups excluding carboxylic acids is 1. The molecule has 1 aromatic carbocycles. The molecule has 0 aliphatic carbocycles. The molecule has 5 heteroatoms. The number of aryl methyl sites for hydroxylation is 2. The van der Waals surface area contributed by atoms with Gasteiger partial charge in [0, 0.05) is 37.4 Å². The van der Waals surface area contributed by atoms with Crippen molar-refractivity contribution in [2.45, 2.75) is 39.2 Å². The van der Waals surface area contributed by atoms with Gasteiger partial charge >= 0.3 is 5.97 Å². The van der Waals surface area contributed by atoms with E-state index in [1.165, 1.54) is 5.56 Å². The Morgan fingerprint density at radius 2 is 1.96 bits per heavy atom. The number of benzene rings is 1. The third kappa shape index (κ3) is 3.45. The molecule has 0 spiro atoms. The van der Waals surface area contributed by atoms with Gasteiger partial charge in [0.15, 0.2) is 0 Å². The van der Waals surface area contributed by atoms with Crippen molar-refractivity contribution in [3.63, 3.8) is 0 Å². The first kappa shape index (κ1) is 17.3. The summed E-state index contributed by atoms with van der Waals surface area (Å²) in [5.74, 6) is -0.589. The maximum atomic E-state index is 12.8. The summed E-state index contributed by atoms with van der Waals surface area (Å²) in [5, 5.41) is 9.49. The molecule has 0 bridgehead atoms. The molecule has 1 unspecified atom stereocenters. The molecule has 25 heavy (non-hydrogen) atoms. The molecule has 1 atom stereocenters. The number of aromatic nitrogens is 1. The maximum Gasteiger partial charge on any atom is 0.337 e. The van der Waals surface area contributed by atoms with Gasteiger partial charge in [0.1, 0.15) is 0 Å². The second-order valence-electron chi connectivity index (χ2n) is 6.64. The van der Waals surface area contributed by atoms with Gasteiger partial charge in [0.25, 0.3) is 0 Å². The minimum atomic E-state index is -0.962. The highest BCUT2D eigenvalue weighted by molar-refractivity contribution is 5.93. The summed E-state index contributed by atoms with van der Waals surface area (Å²) in [4.78, 5) is 26.2. The van der Waals surface area contributed by atoms with Crippen LogP contribution in [0.3, 0.4) is 0 Å². The van der Waals surface area contributed by atoms with E-state index in [2.05, 4.69) is 12.1 Å². The third-order valence-electron chi connectivity index (χ3n) is 5.06. The van der Waals surface area contributed by atoms with Crippen LogP contribution in [0.4, 0.5) is 0 Å². The van der Waals surface area contributed by atoms with E-state index in [0.29, 0.717) is 30.3 Å². The number of hydrogen-bond acceptors (Lipinski definition) is 2. The third-order valence-corrected chi connectivity index (χ3v) is 5.06. The van der Waals surface area contributed by atoms with E-state index < -0.39 is 5.97 Å². The zero-order valence-electron chi connectivity index (χ0n) is 14.7. The Morgan fingerprint density at radius 3 is 2.60 bits per heavy atom. The Kier molecular flexibility index (Phi) is 4.93. The molecule has 1 amide bonds. The molecule has 3 rings (SSSR count). The van der Waals surface area contributed by atoms with Crippen molar-refractivity contribution >= 4 is 11.9 Å². The summed E-state index contributed by atoms with van der Waals surface area (Å²) >= 11 is 0. The normalized spacial score (nSPS) is 17.0. The van der Waals surface area contributed by atoms with Gasteiger partial charge in [-0.25, -0.2) is 4.79 Å². The maximum absolute atomic E-state index is 12.8. The fourth-order valence-corrected chi connectivity index (χ4v) is 3.75. The van der Waals surface area contributed by atoms with Gasteiger partial charge in [-0.2, -0.15) is 0 Å². The lowest BCUT2D eigenvalue weighted by molar-refractivity contribution is -0.129. The highest BCUT2D eigenvalue weighted by Gasteiger charge is 2.29. The number of likely N-dealkylation sites (tertiary alicyclic amines) is 1. The standard InChI is InChI=1S/C20H24N2O3/c1-3-21-12-14(2)19(20(24)25)17(21)11-18(23)22-10-9-16(13-22)15-7-5-4-6-8-15/h4-8,12,16H,3,9-11,13H2,1-2H3,(H,24,25). The van der Waals surface area contributed by atoms with Crippen LogP contribution < -0.4 is 0 Å². The van der Waals surface area contributed by atoms with Crippen LogP contribution in [0.25, 0.3) is 0 Å². The summed E-state index contributed by atoms with van der Waals surface area (Å²) < 4.78 is 1.88. The van der Waals surface area contributed by atoms with Crippen LogP contribution >= 0.6 is 0 Å². The number of rotatable bonds is 5. The Morgan fingerprint density at radius 1 is 1.24 bits per heavy atom. The molecule has 2 heterocycles. The predicted octanol–water partition coefficient (Wildman–Crippen LogP) is 3.07. The van der Waals surface area contributed by atoms with Crippen molar-refractivity contribution in [2.75, 3.05) is 13.1 Å². The van der Waals surface area contributed by atoms with Crippen molar-refractivity contribution in [3.8, 4) is 0 Å². The minimum absolute atomic E-state index is 0.00808. The number of carboxylic acid groups (broad SMARTS) is 1. The quantitative estimate of drug-likeness (QED) is 0.910. The Hall–Kier alpha value is -2.56. The van der Waals surface area contributed by atoms with Gasteiger partial charge in [-0.15, -0.1) is 0 Å². The molecule has 132 valence electrons. The Bertz CT molecular complexity index is 780. The van der Waals surface area contributed by atoms with E-state index in [1.54, 1.807) is 6.92 Å². The first-order valence-electron chi connectivity index (χ1n) is 8.75. The van der Waals surface area contributed by atoms with Crippen molar-refractivity contribution < 1.29 is 14.7 Å². The molecule has 0 saturated carbocycles. The summed E-state index contributed by atoms with van der Waals surface area (Å²) in [6, 6.07) is 10.3. The minimum Gasteiger partial charge on any atom is -0.478 e. The lowest BCUT2D eigenvalue weighted by Gasteiger charge is -2.18. The van der Waals surface area contributed by atoms with Crippen molar-refractivity contribution in [3.05, 3.63) is 58.9 Å². The van der Waals surface area contributed by atoms with Crippen LogP contribution in [0.1, 0.15) is 46.4 Å². The van der Waals surface area contributed by atoms with Gasteiger partial charge in [0.05, 0.1) is 12.0 Å². The van der Waals surface area contributed by atoms with E-state index in [4.69, 9.17) is 0 Å². The molecule has 1 aliphatic heterocycles. The summed E-state index contributed by atoms with van der Waals surface area (Å²) in [6.45, 7) is 5.83. The smallest absolute Gasteiger partial charge is 0.337 e. The van der Waals surface area contributed by atoms with Crippen molar-refractivity contribution in [2.24, 2.45) is 0 Å². The van der Waals surface area contributed by atoms with Crippen LogP contribution in [0, 0.1) is 6.92 Å². The number of nitrogens with zero attached hydrogens (tertiary/aromatic N) is 2. The van der Waals surface area contributed by atoms with Crippen LogP contribution in [0.5, 0.6) is 0 Å². The van der Waals surface area contributed by atoms with E-state index in [0.717, 1.165) is 13.0 Å². The van der Waals surface area contributed by atoms with Gasteiger partial charge in [-0.05, 0) is 31.4 Å².